The Morgan fingerprint density at radius 3 is 1.87 bits per heavy atom. The second kappa shape index (κ2) is 11.2. The normalized spacial score (nSPS) is 14.1. The number of benzene rings is 3. The molecule has 31 heavy (non-hydrogen) atoms. The number of hydrogen-bond acceptors (Lipinski definition) is 3. The van der Waals surface area contributed by atoms with Gasteiger partial charge in [-0.1, -0.05) is 104 Å². The van der Waals surface area contributed by atoms with Crippen LogP contribution in [0.25, 0.3) is 0 Å². The van der Waals surface area contributed by atoms with Gasteiger partial charge in [0.05, 0.1) is 18.1 Å². The van der Waals surface area contributed by atoms with E-state index in [4.69, 9.17) is 4.74 Å². The fraction of sp³-hybridized carbons (Fsp3) is 0.296. The van der Waals surface area contributed by atoms with Crippen molar-refractivity contribution in [2.24, 2.45) is 5.41 Å². The average molecular weight is 435 g/mol. The highest BCUT2D eigenvalue weighted by Crippen LogP contribution is 2.46. The number of hydrogen-bond donors (Lipinski definition) is 1. The Kier molecular flexibility index (Phi) is 8.40. The lowest BCUT2D eigenvalue weighted by molar-refractivity contribution is -0.160. The molecule has 0 aromatic heterocycles. The molecule has 0 aliphatic rings. The molecule has 0 radical (unpaired) electrons. The van der Waals surface area contributed by atoms with Crippen LogP contribution in [-0.4, -0.2) is 23.8 Å². The van der Waals surface area contributed by atoms with Crippen LogP contribution in [0.2, 0.25) is 0 Å². The minimum Gasteiger partial charge on any atom is -0.465 e. The van der Waals surface area contributed by atoms with Gasteiger partial charge >= 0.3 is 5.97 Å². The van der Waals surface area contributed by atoms with E-state index in [9.17, 15) is 9.90 Å². The van der Waals surface area contributed by atoms with Crippen molar-refractivity contribution < 1.29 is 14.6 Å². The molecular formula is C27H31O3P. The number of aliphatic hydroxyl groups is 1. The van der Waals surface area contributed by atoms with Crippen LogP contribution in [0, 0.1) is 5.41 Å². The molecule has 3 aromatic rings. The molecule has 0 saturated carbocycles. The van der Waals surface area contributed by atoms with Crippen LogP contribution in [-0.2, 0) is 9.53 Å². The van der Waals surface area contributed by atoms with E-state index in [0.717, 1.165) is 18.4 Å². The van der Waals surface area contributed by atoms with Gasteiger partial charge in [-0.05, 0) is 43.6 Å². The van der Waals surface area contributed by atoms with E-state index >= 15 is 0 Å². The molecule has 2 unspecified atom stereocenters. The van der Waals surface area contributed by atoms with E-state index in [1.165, 1.54) is 10.6 Å². The van der Waals surface area contributed by atoms with Crippen LogP contribution in [0.4, 0.5) is 0 Å². The summed E-state index contributed by atoms with van der Waals surface area (Å²) in [6.07, 6.45) is 1.30. The molecule has 3 nitrogen and oxygen atoms in total. The van der Waals surface area contributed by atoms with Gasteiger partial charge in [0.15, 0.2) is 0 Å². The van der Waals surface area contributed by atoms with Gasteiger partial charge in [-0.2, -0.15) is 0 Å². The van der Waals surface area contributed by atoms with Crippen molar-refractivity contribution in [1.82, 2.24) is 0 Å². The second-order valence-corrected chi connectivity index (χ2v) is 10.2. The first-order valence-electron chi connectivity index (χ1n) is 10.8. The monoisotopic (exact) mass is 434 g/mol. The van der Waals surface area contributed by atoms with E-state index in [-0.39, 0.29) is 5.97 Å². The van der Waals surface area contributed by atoms with Gasteiger partial charge < -0.3 is 9.84 Å². The van der Waals surface area contributed by atoms with Gasteiger partial charge in [0.1, 0.15) is 0 Å². The molecule has 3 aromatic carbocycles. The molecular weight excluding hydrogens is 403 g/mol. The fourth-order valence-electron chi connectivity index (χ4n) is 3.62. The molecule has 162 valence electrons. The second-order valence-electron chi connectivity index (χ2n) is 7.98. The summed E-state index contributed by atoms with van der Waals surface area (Å²) in [5, 5.41) is 13.8. The number of unbranched alkanes of at least 4 members (excludes halogenated alkanes) is 1. The minimum absolute atomic E-state index is 0.336. The predicted molar refractivity (Wildman–Crippen MR) is 129 cm³/mol. The third-order valence-corrected chi connectivity index (χ3v) is 8.35. The maximum absolute atomic E-state index is 13.4. The van der Waals surface area contributed by atoms with Crippen molar-refractivity contribution in [2.75, 3.05) is 12.8 Å². The maximum Gasteiger partial charge on any atom is 0.315 e. The zero-order valence-electron chi connectivity index (χ0n) is 18.3. The van der Waals surface area contributed by atoms with Crippen molar-refractivity contribution in [3.8, 4) is 0 Å². The summed E-state index contributed by atoms with van der Waals surface area (Å²) in [6.45, 7) is 4.29. The van der Waals surface area contributed by atoms with Crippen LogP contribution in [0.3, 0.4) is 0 Å². The molecule has 0 fully saturated rings. The van der Waals surface area contributed by atoms with Crippen LogP contribution in [0.15, 0.2) is 91.0 Å². The van der Waals surface area contributed by atoms with Gasteiger partial charge in [0.2, 0.25) is 0 Å². The third kappa shape index (κ3) is 5.81. The first kappa shape index (κ1) is 23.2. The van der Waals surface area contributed by atoms with Gasteiger partial charge in [-0.15, -0.1) is 0 Å². The van der Waals surface area contributed by atoms with E-state index in [0.29, 0.717) is 12.8 Å². The number of aliphatic hydroxyl groups excluding tert-OH is 1. The Morgan fingerprint density at radius 1 is 0.903 bits per heavy atom. The quantitative estimate of drug-likeness (QED) is 0.271. The molecule has 0 spiro atoms. The topological polar surface area (TPSA) is 46.5 Å². The van der Waals surface area contributed by atoms with E-state index in [1.807, 2.05) is 73.7 Å². The van der Waals surface area contributed by atoms with Crippen molar-refractivity contribution in [3.05, 3.63) is 96.6 Å². The number of carbonyl (C=O) groups excluding carboxylic acids is 1. The Hall–Kier alpha value is -2.48. The molecule has 1 N–H and O–H groups in total. The lowest BCUT2D eigenvalue weighted by Gasteiger charge is -2.36. The standard InChI is InChI=1S/C27H31O3P/c1-3-4-20-30-26(29)27(2,25(28)22-14-8-5-9-15-22)21-31(23-16-10-6-11-17-23)24-18-12-7-13-19-24/h5-19,25,28H,3-4,20-21H2,1-2H3. The molecule has 2 atom stereocenters. The van der Waals surface area contributed by atoms with E-state index in [2.05, 4.69) is 31.2 Å². The summed E-state index contributed by atoms with van der Waals surface area (Å²) in [4.78, 5) is 13.4. The minimum atomic E-state index is -1.08. The summed E-state index contributed by atoms with van der Waals surface area (Å²) in [6, 6.07) is 30.0. The van der Waals surface area contributed by atoms with Gasteiger partial charge in [0.25, 0.3) is 0 Å². The number of ether oxygens (including phenoxy) is 1. The fourth-order valence-corrected chi connectivity index (χ4v) is 6.30. The number of rotatable bonds is 10. The van der Waals surface area contributed by atoms with E-state index < -0.39 is 19.4 Å². The summed E-state index contributed by atoms with van der Waals surface area (Å²) in [5.74, 6) is -0.336. The first-order valence-corrected chi connectivity index (χ1v) is 12.4. The zero-order chi connectivity index (χ0) is 22.1. The molecule has 0 aliphatic heterocycles. The summed E-state index contributed by atoms with van der Waals surface area (Å²) < 4.78 is 5.67. The highest BCUT2D eigenvalue weighted by Gasteiger charge is 2.45. The molecule has 0 amide bonds. The molecule has 4 heteroatoms. The van der Waals surface area contributed by atoms with E-state index in [1.54, 1.807) is 0 Å². The Balaban J connectivity index is 2.01. The molecule has 3 rings (SSSR count). The highest BCUT2D eigenvalue weighted by molar-refractivity contribution is 7.73. The highest BCUT2D eigenvalue weighted by atomic mass is 31.1. The zero-order valence-corrected chi connectivity index (χ0v) is 19.2. The Bertz CT molecular complexity index is 891. The summed E-state index contributed by atoms with van der Waals surface area (Å²) in [7, 11) is -0.874. The predicted octanol–water partition coefficient (Wildman–Crippen LogP) is 5.20. The van der Waals surface area contributed by atoms with Gasteiger partial charge in [0, 0.05) is 0 Å². The van der Waals surface area contributed by atoms with Gasteiger partial charge in [-0.3, -0.25) is 4.79 Å². The van der Waals surface area contributed by atoms with Crippen molar-refractivity contribution in [2.45, 2.75) is 32.8 Å². The van der Waals surface area contributed by atoms with Crippen LogP contribution in [0.5, 0.6) is 0 Å². The lowest BCUT2D eigenvalue weighted by Crippen LogP contribution is -2.41. The average Bonchev–Trinajstić information content (AvgIpc) is 2.83. The van der Waals surface area contributed by atoms with Crippen LogP contribution in [0.1, 0.15) is 38.4 Å². The van der Waals surface area contributed by atoms with Crippen LogP contribution >= 0.6 is 7.92 Å². The largest absolute Gasteiger partial charge is 0.465 e. The van der Waals surface area contributed by atoms with Crippen molar-refractivity contribution in [1.29, 1.82) is 0 Å². The Labute approximate surface area is 186 Å². The SMILES string of the molecule is CCCCOC(=O)C(C)(CP(c1ccccc1)c1ccccc1)C(O)c1ccccc1. The number of carbonyl (C=O) groups is 1. The maximum atomic E-state index is 13.4. The molecule has 0 bridgehead atoms. The molecule has 0 saturated heterocycles. The third-order valence-electron chi connectivity index (χ3n) is 5.54. The smallest absolute Gasteiger partial charge is 0.315 e. The van der Waals surface area contributed by atoms with Crippen LogP contribution < -0.4 is 10.6 Å². The summed E-state index contributed by atoms with van der Waals surface area (Å²) >= 11 is 0. The van der Waals surface area contributed by atoms with Crippen molar-refractivity contribution >= 4 is 24.5 Å². The molecule has 0 aliphatic carbocycles. The lowest BCUT2D eigenvalue weighted by atomic mass is 9.82. The summed E-state index contributed by atoms with van der Waals surface area (Å²) in [5.41, 5.74) is -0.347. The molecule has 0 heterocycles. The Morgan fingerprint density at radius 2 is 1.39 bits per heavy atom. The number of esters is 1. The van der Waals surface area contributed by atoms with Crippen molar-refractivity contribution in [3.63, 3.8) is 0 Å². The van der Waals surface area contributed by atoms with Gasteiger partial charge in [-0.25, -0.2) is 0 Å². The first-order chi connectivity index (χ1) is 15.1.